The van der Waals surface area contributed by atoms with Gasteiger partial charge in [0.05, 0.1) is 11.9 Å². The van der Waals surface area contributed by atoms with Crippen molar-refractivity contribution in [1.82, 2.24) is 10.2 Å². The molecular weight excluding hydrogens is 190 g/mol. The second-order valence-electron chi connectivity index (χ2n) is 3.21. The van der Waals surface area contributed by atoms with Crippen molar-refractivity contribution in [2.24, 2.45) is 0 Å². The van der Waals surface area contributed by atoms with Gasteiger partial charge < -0.3 is 5.32 Å². The first-order valence-corrected chi connectivity index (χ1v) is 4.63. The Morgan fingerprint density at radius 2 is 2.20 bits per heavy atom. The monoisotopic (exact) mass is 201 g/mol. The van der Waals surface area contributed by atoms with Crippen LogP contribution >= 0.6 is 0 Å². The summed E-state index contributed by atoms with van der Waals surface area (Å²) >= 11 is 0. The van der Waals surface area contributed by atoms with Crippen molar-refractivity contribution >= 4 is 17.2 Å². The molecule has 0 radical (unpaired) electrons. The second-order valence-corrected chi connectivity index (χ2v) is 3.21. The Morgan fingerprint density at radius 1 is 1.40 bits per heavy atom. The van der Waals surface area contributed by atoms with Crippen molar-refractivity contribution in [1.29, 1.82) is 0 Å². The zero-order valence-corrected chi connectivity index (χ0v) is 8.32. The van der Waals surface area contributed by atoms with Gasteiger partial charge in [0.15, 0.2) is 5.78 Å². The van der Waals surface area contributed by atoms with Crippen molar-refractivity contribution in [2.75, 3.05) is 5.32 Å². The second kappa shape index (κ2) is 3.96. The number of hydrogen-bond donors (Lipinski definition) is 2. The normalized spacial score (nSPS) is 9.93. The molecule has 0 amide bonds. The summed E-state index contributed by atoms with van der Waals surface area (Å²) in [7, 11) is 0. The predicted octanol–water partition coefficient (Wildman–Crippen LogP) is 2.36. The molecule has 0 fully saturated rings. The number of aromatic amines is 1. The smallest absolute Gasteiger partial charge is 0.161 e. The molecule has 0 unspecified atom stereocenters. The number of aromatic nitrogens is 2. The summed E-state index contributed by atoms with van der Waals surface area (Å²) in [5, 5.41) is 9.64. The number of ketones is 1. The van der Waals surface area contributed by atoms with E-state index in [4.69, 9.17) is 0 Å². The Bertz CT molecular complexity index is 462. The van der Waals surface area contributed by atoms with Crippen LogP contribution in [-0.2, 0) is 0 Å². The van der Waals surface area contributed by atoms with Crippen LogP contribution in [0.4, 0.5) is 11.4 Å². The van der Waals surface area contributed by atoms with E-state index in [2.05, 4.69) is 15.5 Å². The third-order valence-corrected chi connectivity index (χ3v) is 2.08. The van der Waals surface area contributed by atoms with Gasteiger partial charge in [-0.15, -0.1) is 0 Å². The van der Waals surface area contributed by atoms with Crippen molar-refractivity contribution in [3.05, 3.63) is 42.2 Å². The Hall–Kier alpha value is -2.10. The number of nitrogens with one attached hydrogen (secondary N) is 2. The standard InChI is InChI=1S/C11H11N3O/c1-8(15)10-4-2-3-5-11(10)14-9-6-12-13-7-9/h2-7,14H,1H3,(H,12,13). The van der Waals surface area contributed by atoms with Gasteiger partial charge in [-0.05, 0) is 19.1 Å². The highest BCUT2D eigenvalue weighted by Crippen LogP contribution is 2.19. The first-order chi connectivity index (χ1) is 7.27. The van der Waals surface area contributed by atoms with Gasteiger partial charge >= 0.3 is 0 Å². The lowest BCUT2D eigenvalue weighted by molar-refractivity contribution is 0.101. The maximum atomic E-state index is 11.3. The summed E-state index contributed by atoms with van der Waals surface area (Å²) in [6.45, 7) is 1.55. The lowest BCUT2D eigenvalue weighted by Gasteiger charge is -2.07. The molecule has 1 aromatic heterocycles. The Labute approximate surface area is 87.3 Å². The number of anilines is 2. The molecule has 2 aromatic rings. The van der Waals surface area contributed by atoms with Crippen molar-refractivity contribution < 1.29 is 4.79 Å². The summed E-state index contributed by atoms with van der Waals surface area (Å²) < 4.78 is 0. The number of para-hydroxylation sites is 1. The third-order valence-electron chi connectivity index (χ3n) is 2.08. The van der Waals surface area contributed by atoms with Crippen molar-refractivity contribution in [3.63, 3.8) is 0 Å². The maximum absolute atomic E-state index is 11.3. The first kappa shape index (κ1) is 9.45. The minimum atomic E-state index is 0.0431. The van der Waals surface area contributed by atoms with Crippen LogP contribution in [0.15, 0.2) is 36.7 Å². The van der Waals surface area contributed by atoms with Gasteiger partial charge in [-0.3, -0.25) is 9.89 Å². The topological polar surface area (TPSA) is 57.8 Å². The molecule has 0 aliphatic rings. The van der Waals surface area contributed by atoms with E-state index in [1.807, 2.05) is 18.2 Å². The van der Waals surface area contributed by atoms with Gasteiger partial charge in [-0.1, -0.05) is 12.1 Å². The van der Waals surface area contributed by atoms with Crippen LogP contribution in [0.25, 0.3) is 0 Å². The predicted molar refractivity (Wildman–Crippen MR) is 58.3 cm³/mol. The molecule has 0 atom stereocenters. The van der Waals surface area contributed by atoms with E-state index >= 15 is 0 Å². The van der Waals surface area contributed by atoms with Crippen LogP contribution in [-0.4, -0.2) is 16.0 Å². The van der Waals surface area contributed by atoms with E-state index in [-0.39, 0.29) is 5.78 Å². The number of H-pyrrole nitrogens is 1. The highest BCUT2D eigenvalue weighted by Gasteiger charge is 2.06. The molecule has 15 heavy (non-hydrogen) atoms. The minimum absolute atomic E-state index is 0.0431. The van der Waals surface area contributed by atoms with Gasteiger partial charge in [0.1, 0.15) is 0 Å². The molecule has 2 rings (SSSR count). The molecule has 1 heterocycles. The zero-order valence-electron chi connectivity index (χ0n) is 8.32. The van der Waals surface area contributed by atoms with Crippen LogP contribution in [0.1, 0.15) is 17.3 Å². The first-order valence-electron chi connectivity index (χ1n) is 4.63. The van der Waals surface area contributed by atoms with E-state index in [1.54, 1.807) is 25.4 Å². The Morgan fingerprint density at radius 3 is 2.87 bits per heavy atom. The SMILES string of the molecule is CC(=O)c1ccccc1Nc1cn[nH]c1. The lowest BCUT2D eigenvalue weighted by atomic mass is 10.1. The van der Waals surface area contributed by atoms with E-state index in [9.17, 15) is 4.79 Å². The zero-order chi connectivity index (χ0) is 10.7. The molecule has 2 N–H and O–H groups in total. The molecule has 0 aliphatic carbocycles. The molecule has 0 saturated heterocycles. The Kier molecular flexibility index (Phi) is 2.49. The highest BCUT2D eigenvalue weighted by atomic mass is 16.1. The largest absolute Gasteiger partial charge is 0.352 e. The number of nitrogens with zero attached hydrogens (tertiary/aromatic N) is 1. The van der Waals surface area contributed by atoms with Crippen LogP contribution < -0.4 is 5.32 Å². The van der Waals surface area contributed by atoms with Gasteiger partial charge in [0.2, 0.25) is 0 Å². The number of rotatable bonds is 3. The summed E-state index contributed by atoms with van der Waals surface area (Å²) in [6, 6.07) is 7.39. The number of carbonyl (C=O) groups is 1. The van der Waals surface area contributed by atoms with Gasteiger partial charge in [-0.25, -0.2) is 0 Å². The van der Waals surface area contributed by atoms with E-state index in [1.165, 1.54) is 0 Å². The molecular formula is C11H11N3O. The van der Waals surface area contributed by atoms with E-state index in [0.717, 1.165) is 11.4 Å². The summed E-state index contributed by atoms with van der Waals surface area (Å²) in [5.74, 6) is 0.0431. The Balaban J connectivity index is 2.32. The summed E-state index contributed by atoms with van der Waals surface area (Å²) in [5.41, 5.74) is 2.31. The summed E-state index contributed by atoms with van der Waals surface area (Å²) in [4.78, 5) is 11.3. The van der Waals surface area contributed by atoms with Crippen molar-refractivity contribution in [3.8, 4) is 0 Å². The molecule has 76 valence electrons. The fourth-order valence-electron chi connectivity index (χ4n) is 1.37. The van der Waals surface area contributed by atoms with Crippen LogP contribution in [0.3, 0.4) is 0 Å². The number of Topliss-reactive ketones (excluding diaryl/α,β-unsaturated/α-hetero) is 1. The molecule has 0 saturated carbocycles. The van der Waals surface area contributed by atoms with Gasteiger partial charge in [-0.2, -0.15) is 5.10 Å². The molecule has 0 spiro atoms. The fourth-order valence-corrected chi connectivity index (χ4v) is 1.37. The molecule has 4 heteroatoms. The van der Waals surface area contributed by atoms with Crippen LogP contribution in [0.5, 0.6) is 0 Å². The highest BCUT2D eigenvalue weighted by molar-refractivity contribution is 6.00. The molecule has 1 aromatic carbocycles. The minimum Gasteiger partial charge on any atom is -0.352 e. The number of benzene rings is 1. The third kappa shape index (κ3) is 2.04. The number of hydrogen-bond acceptors (Lipinski definition) is 3. The van der Waals surface area contributed by atoms with Crippen molar-refractivity contribution in [2.45, 2.75) is 6.92 Å². The fraction of sp³-hybridized carbons (Fsp3) is 0.0909. The average molecular weight is 201 g/mol. The molecule has 0 bridgehead atoms. The van der Waals surface area contributed by atoms with E-state index in [0.29, 0.717) is 5.56 Å². The molecule has 0 aliphatic heterocycles. The van der Waals surface area contributed by atoms with Crippen LogP contribution in [0, 0.1) is 0 Å². The molecule has 4 nitrogen and oxygen atoms in total. The average Bonchev–Trinajstić information content (AvgIpc) is 2.71. The van der Waals surface area contributed by atoms with Gasteiger partial charge in [0, 0.05) is 17.4 Å². The van der Waals surface area contributed by atoms with Crippen LogP contribution in [0.2, 0.25) is 0 Å². The van der Waals surface area contributed by atoms with Gasteiger partial charge in [0.25, 0.3) is 0 Å². The summed E-state index contributed by atoms with van der Waals surface area (Å²) in [6.07, 6.45) is 3.40. The quantitative estimate of drug-likeness (QED) is 0.749. The maximum Gasteiger partial charge on any atom is 0.161 e. The van der Waals surface area contributed by atoms with E-state index < -0.39 is 0 Å². The lowest BCUT2D eigenvalue weighted by Crippen LogP contribution is -1.99. The number of carbonyl (C=O) groups excluding carboxylic acids is 1.